The number of carbonyl (C=O) groups excluding carboxylic acids is 1. The van der Waals surface area contributed by atoms with Gasteiger partial charge < -0.3 is 10.0 Å². The predicted molar refractivity (Wildman–Crippen MR) is 68.2 cm³/mol. The van der Waals surface area contributed by atoms with Crippen LogP contribution in [0.25, 0.3) is 0 Å². The van der Waals surface area contributed by atoms with E-state index in [-0.39, 0.29) is 18.1 Å². The molecule has 20 heavy (non-hydrogen) atoms. The monoisotopic (exact) mass is 279 g/mol. The standard InChI is InChI=1S/C12H17N5O3/c18-11(19)8-17-7-10(13-14-17)12(20)16-5-4-15-3-1-2-9(15)6-16/h7,9H,1-6,8H2,(H,18,19). The summed E-state index contributed by atoms with van der Waals surface area (Å²) >= 11 is 0. The summed E-state index contributed by atoms with van der Waals surface area (Å²) in [5.74, 6) is -1.17. The van der Waals surface area contributed by atoms with Crippen LogP contribution in [0.3, 0.4) is 0 Å². The third kappa shape index (κ3) is 2.51. The second-order valence-corrected chi connectivity index (χ2v) is 5.28. The normalized spacial score (nSPS) is 22.8. The van der Waals surface area contributed by atoms with Crippen LogP contribution in [0, 0.1) is 0 Å². The fourth-order valence-corrected chi connectivity index (χ4v) is 2.95. The van der Waals surface area contributed by atoms with E-state index in [2.05, 4.69) is 15.2 Å². The minimum Gasteiger partial charge on any atom is -0.480 e. The fraction of sp³-hybridized carbons (Fsp3) is 0.667. The molecule has 1 unspecified atom stereocenters. The first-order chi connectivity index (χ1) is 9.63. The first-order valence-corrected chi connectivity index (χ1v) is 6.79. The Kier molecular flexibility index (Phi) is 3.39. The molecule has 1 aromatic heterocycles. The Labute approximate surface area is 116 Å². The van der Waals surface area contributed by atoms with Gasteiger partial charge in [0.25, 0.3) is 5.91 Å². The summed E-state index contributed by atoms with van der Waals surface area (Å²) in [4.78, 5) is 27.1. The van der Waals surface area contributed by atoms with E-state index >= 15 is 0 Å². The van der Waals surface area contributed by atoms with Crippen LogP contribution in [0.15, 0.2) is 6.20 Å². The Morgan fingerprint density at radius 2 is 2.20 bits per heavy atom. The molecule has 2 fully saturated rings. The van der Waals surface area contributed by atoms with Crippen LogP contribution in [-0.4, -0.2) is 74.0 Å². The summed E-state index contributed by atoms with van der Waals surface area (Å²) in [7, 11) is 0. The lowest BCUT2D eigenvalue weighted by atomic mass is 10.1. The average molecular weight is 279 g/mol. The molecule has 0 spiro atoms. The molecule has 0 bridgehead atoms. The molecule has 0 aromatic carbocycles. The zero-order chi connectivity index (χ0) is 14.1. The lowest BCUT2D eigenvalue weighted by Gasteiger charge is -2.37. The largest absolute Gasteiger partial charge is 0.480 e. The highest BCUT2D eigenvalue weighted by Gasteiger charge is 2.33. The van der Waals surface area contributed by atoms with Gasteiger partial charge >= 0.3 is 5.97 Å². The summed E-state index contributed by atoms with van der Waals surface area (Å²) in [6.07, 6.45) is 3.73. The van der Waals surface area contributed by atoms with Crippen LogP contribution in [0.4, 0.5) is 0 Å². The van der Waals surface area contributed by atoms with Crippen molar-refractivity contribution in [2.24, 2.45) is 0 Å². The number of nitrogens with zero attached hydrogens (tertiary/aromatic N) is 5. The molecule has 1 aromatic rings. The maximum absolute atomic E-state index is 12.3. The summed E-state index contributed by atoms with van der Waals surface area (Å²) in [6.45, 7) is 3.17. The molecule has 3 heterocycles. The molecule has 2 aliphatic rings. The molecule has 108 valence electrons. The van der Waals surface area contributed by atoms with Crippen LogP contribution >= 0.6 is 0 Å². The number of carboxylic acids is 1. The maximum Gasteiger partial charge on any atom is 0.325 e. The maximum atomic E-state index is 12.3. The Bertz CT molecular complexity index is 529. The Balaban J connectivity index is 1.66. The van der Waals surface area contributed by atoms with Gasteiger partial charge in [-0.2, -0.15) is 0 Å². The minimum atomic E-state index is -1.01. The smallest absolute Gasteiger partial charge is 0.325 e. The first-order valence-electron chi connectivity index (χ1n) is 6.79. The molecule has 0 aliphatic carbocycles. The van der Waals surface area contributed by atoms with E-state index in [9.17, 15) is 9.59 Å². The summed E-state index contributed by atoms with van der Waals surface area (Å²) in [6, 6.07) is 0.460. The van der Waals surface area contributed by atoms with E-state index in [4.69, 9.17) is 5.11 Å². The molecular weight excluding hydrogens is 262 g/mol. The van der Waals surface area contributed by atoms with Gasteiger partial charge in [0.15, 0.2) is 5.69 Å². The SMILES string of the molecule is O=C(O)Cn1cc(C(=O)N2CCN3CCCC3C2)nn1. The van der Waals surface area contributed by atoms with Gasteiger partial charge in [0.1, 0.15) is 6.54 Å². The van der Waals surface area contributed by atoms with E-state index in [0.717, 1.165) is 26.1 Å². The highest BCUT2D eigenvalue weighted by atomic mass is 16.4. The molecule has 0 saturated carbocycles. The number of hydrogen-bond donors (Lipinski definition) is 1. The quantitative estimate of drug-likeness (QED) is 0.785. The number of carboxylic acid groups (broad SMARTS) is 1. The fourth-order valence-electron chi connectivity index (χ4n) is 2.95. The molecule has 0 radical (unpaired) electrons. The number of carbonyl (C=O) groups is 2. The van der Waals surface area contributed by atoms with Gasteiger partial charge in [0.2, 0.25) is 0 Å². The topological polar surface area (TPSA) is 91.6 Å². The zero-order valence-corrected chi connectivity index (χ0v) is 11.1. The van der Waals surface area contributed by atoms with Gasteiger partial charge in [-0.15, -0.1) is 5.10 Å². The van der Waals surface area contributed by atoms with Crippen LogP contribution < -0.4 is 0 Å². The molecule has 2 aliphatic heterocycles. The van der Waals surface area contributed by atoms with Crippen molar-refractivity contribution in [2.45, 2.75) is 25.4 Å². The van der Waals surface area contributed by atoms with Crippen molar-refractivity contribution in [3.05, 3.63) is 11.9 Å². The number of aromatic nitrogens is 3. The molecule has 1 N–H and O–H groups in total. The minimum absolute atomic E-state index is 0.159. The van der Waals surface area contributed by atoms with Crippen LogP contribution in [0.1, 0.15) is 23.3 Å². The van der Waals surface area contributed by atoms with Gasteiger partial charge in [0, 0.05) is 25.7 Å². The van der Waals surface area contributed by atoms with Crippen molar-refractivity contribution in [2.75, 3.05) is 26.2 Å². The second kappa shape index (κ2) is 5.20. The molecule has 8 nitrogen and oxygen atoms in total. The van der Waals surface area contributed by atoms with Crippen molar-refractivity contribution in [1.82, 2.24) is 24.8 Å². The van der Waals surface area contributed by atoms with Gasteiger partial charge in [-0.05, 0) is 19.4 Å². The predicted octanol–water partition coefficient (Wildman–Crippen LogP) is -0.717. The summed E-state index contributed by atoms with van der Waals surface area (Å²) < 4.78 is 1.17. The number of hydrogen-bond acceptors (Lipinski definition) is 5. The number of amides is 1. The van der Waals surface area contributed by atoms with Gasteiger partial charge in [-0.1, -0.05) is 5.21 Å². The first kappa shape index (κ1) is 13.0. The van der Waals surface area contributed by atoms with E-state index in [1.54, 1.807) is 4.90 Å². The van der Waals surface area contributed by atoms with E-state index in [0.29, 0.717) is 12.6 Å². The van der Waals surface area contributed by atoms with Crippen molar-refractivity contribution < 1.29 is 14.7 Å². The van der Waals surface area contributed by atoms with E-state index in [1.807, 2.05) is 0 Å². The molecule has 3 rings (SSSR count). The number of fused-ring (bicyclic) bond motifs is 1. The van der Waals surface area contributed by atoms with Crippen molar-refractivity contribution >= 4 is 11.9 Å². The third-order valence-corrected chi connectivity index (χ3v) is 3.93. The summed E-state index contributed by atoms with van der Waals surface area (Å²) in [5.41, 5.74) is 0.220. The number of aliphatic carboxylic acids is 1. The van der Waals surface area contributed by atoms with Crippen LogP contribution in [0.2, 0.25) is 0 Å². The molecule has 8 heteroatoms. The molecule has 2 saturated heterocycles. The second-order valence-electron chi connectivity index (χ2n) is 5.28. The lowest BCUT2D eigenvalue weighted by Crippen LogP contribution is -2.52. The van der Waals surface area contributed by atoms with Gasteiger partial charge in [0.05, 0.1) is 6.20 Å². The lowest BCUT2D eigenvalue weighted by molar-refractivity contribution is -0.137. The van der Waals surface area contributed by atoms with Crippen molar-refractivity contribution in [3.8, 4) is 0 Å². The highest BCUT2D eigenvalue weighted by Crippen LogP contribution is 2.22. The zero-order valence-electron chi connectivity index (χ0n) is 11.1. The average Bonchev–Trinajstić information content (AvgIpc) is 3.04. The van der Waals surface area contributed by atoms with Gasteiger partial charge in [-0.25, -0.2) is 4.68 Å². The van der Waals surface area contributed by atoms with E-state index in [1.165, 1.54) is 17.3 Å². The Morgan fingerprint density at radius 3 is 3.00 bits per heavy atom. The number of piperazine rings is 1. The van der Waals surface area contributed by atoms with E-state index < -0.39 is 5.97 Å². The van der Waals surface area contributed by atoms with Gasteiger partial charge in [-0.3, -0.25) is 14.5 Å². The summed E-state index contributed by atoms with van der Waals surface area (Å²) in [5, 5.41) is 16.1. The third-order valence-electron chi connectivity index (χ3n) is 3.93. The van der Waals surface area contributed by atoms with Crippen molar-refractivity contribution in [1.29, 1.82) is 0 Å². The highest BCUT2D eigenvalue weighted by molar-refractivity contribution is 5.92. The molecule has 1 atom stereocenters. The molecule has 1 amide bonds. The van der Waals surface area contributed by atoms with Crippen LogP contribution in [0.5, 0.6) is 0 Å². The van der Waals surface area contributed by atoms with Crippen LogP contribution in [-0.2, 0) is 11.3 Å². The number of rotatable bonds is 3. The Morgan fingerprint density at radius 1 is 1.35 bits per heavy atom. The Hall–Kier alpha value is -1.96. The molecular formula is C12H17N5O3. The van der Waals surface area contributed by atoms with Crippen molar-refractivity contribution in [3.63, 3.8) is 0 Å².